The smallest absolute Gasteiger partial charge is 0.219 e. The third kappa shape index (κ3) is 4.81. The predicted molar refractivity (Wildman–Crippen MR) is 136 cm³/mol. The Balaban J connectivity index is 1.36. The number of nitrogens with zero attached hydrogens (tertiary/aromatic N) is 4. The van der Waals surface area contributed by atoms with Crippen molar-refractivity contribution < 1.29 is 14.3 Å². The van der Waals surface area contributed by atoms with E-state index in [1.165, 1.54) is 0 Å². The van der Waals surface area contributed by atoms with Gasteiger partial charge in [0.2, 0.25) is 11.8 Å². The number of hydrogen-bond acceptors (Lipinski definition) is 8. The lowest BCUT2D eigenvalue weighted by Crippen LogP contribution is -2.42. The zero-order valence-corrected chi connectivity index (χ0v) is 20.1. The van der Waals surface area contributed by atoms with Gasteiger partial charge in [-0.15, -0.1) is 0 Å². The monoisotopic (exact) mass is 481 g/mol. The molecule has 182 valence electrons. The molecule has 2 N–H and O–H groups in total. The van der Waals surface area contributed by atoms with Gasteiger partial charge >= 0.3 is 0 Å². The van der Waals surface area contributed by atoms with Crippen LogP contribution in [0.1, 0.15) is 24.1 Å². The Morgan fingerprint density at radius 1 is 0.833 bits per heavy atom. The summed E-state index contributed by atoms with van der Waals surface area (Å²) in [6.45, 7) is 1.10. The highest BCUT2D eigenvalue weighted by Gasteiger charge is 2.41. The molecule has 0 saturated carbocycles. The number of aromatic nitrogens is 4. The maximum absolute atomic E-state index is 13.8. The van der Waals surface area contributed by atoms with Gasteiger partial charge < -0.3 is 15.2 Å². The summed E-state index contributed by atoms with van der Waals surface area (Å²) in [7, 11) is 1.59. The van der Waals surface area contributed by atoms with Gasteiger partial charge in [0.1, 0.15) is 5.78 Å². The van der Waals surface area contributed by atoms with Crippen LogP contribution in [-0.2, 0) is 21.4 Å². The Morgan fingerprint density at radius 3 is 2.03 bits per heavy atom. The summed E-state index contributed by atoms with van der Waals surface area (Å²) in [4.78, 5) is 30.7. The average Bonchev–Trinajstić information content (AvgIpc) is 2.94. The zero-order chi connectivity index (χ0) is 25.0. The van der Waals surface area contributed by atoms with Crippen molar-refractivity contribution in [1.82, 2.24) is 19.9 Å². The van der Waals surface area contributed by atoms with E-state index in [-0.39, 0.29) is 18.2 Å². The normalized spacial score (nSPS) is 14.8. The van der Waals surface area contributed by atoms with Crippen LogP contribution >= 0.6 is 0 Å². The predicted octanol–water partition coefficient (Wildman–Crippen LogP) is 4.05. The number of carbonyl (C=O) groups excluding carboxylic acids is 1. The first-order chi connectivity index (χ1) is 17.6. The van der Waals surface area contributed by atoms with Crippen molar-refractivity contribution in [1.29, 1.82) is 0 Å². The maximum atomic E-state index is 13.8. The first-order valence-electron chi connectivity index (χ1n) is 11.8. The second-order valence-corrected chi connectivity index (χ2v) is 8.83. The minimum Gasteiger partial charge on any atom is -0.481 e. The van der Waals surface area contributed by atoms with Gasteiger partial charge in [0.15, 0.2) is 0 Å². The van der Waals surface area contributed by atoms with Crippen LogP contribution in [-0.4, -0.2) is 46.0 Å². The third-order valence-electron chi connectivity index (χ3n) is 6.77. The Bertz CT molecular complexity index is 1320. The molecule has 0 aliphatic carbocycles. The number of rotatable bonds is 7. The van der Waals surface area contributed by atoms with Crippen molar-refractivity contribution in [3.8, 4) is 28.1 Å². The molecule has 5 rings (SSSR count). The number of methoxy groups -OCH3 is 1. The third-order valence-corrected chi connectivity index (χ3v) is 6.77. The summed E-state index contributed by atoms with van der Waals surface area (Å²) in [5, 5.41) is 0. The Kier molecular flexibility index (Phi) is 6.69. The van der Waals surface area contributed by atoms with Gasteiger partial charge in [0, 0.05) is 72.9 Å². The van der Waals surface area contributed by atoms with Gasteiger partial charge in [-0.2, -0.15) is 0 Å². The largest absolute Gasteiger partial charge is 0.481 e. The number of anilines is 1. The molecule has 1 aliphatic heterocycles. The second kappa shape index (κ2) is 10.2. The van der Waals surface area contributed by atoms with Crippen LogP contribution in [0.4, 0.5) is 5.95 Å². The van der Waals surface area contributed by atoms with Gasteiger partial charge in [0.25, 0.3) is 0 Å². The van der Waals surface area contributed by atoms with Crippen molar-refractivity contribution in [3.05, 3.63) is 84.6 Å². The number of nitrogens with two attached hydrogens (primary N) is 1. The Labute approximate surface area is 209 Å². The highest BCUT2D eigenvalue weighted by molar-refractivity contribution is 5.92. The van der Waals surface area contributed by atoms with Crippen LogP contribution in [0.2, 0.25) is 0 Å². The molecule has 0 amide bonds. The number of hydrogen-bond donors (Lipinski definition) is 1. The maximum Gasteiger partial charge on any atom is 0.219 e. The number of pyridine rings is 2. The lowest BCUT2D eigenvalue weighted by atomic mass is 9.69. The van der Waals surface area contributed by atoms with Crippen LogP contribution < -0.4 is 10.5 Å². The van der Waals surface area contributed by atoms with E-state index in [2.05, 4.69) is 19.9 Å². The van der Waals surface area contributed by atoms with Crippen LogP contribution in [0.15, 0.2) is 73.3 Å². The molecule has 8 heteroatoms. The number of Topliss-reactive ketones (excluding diaryl/α,β-unsaturated/α-hetero) is 1. The van der Waals surface area contributed by atoms with Gasteiger partial charge in [-0.1, -0.05) is 30.3 Å². The molecule has 0 atom stereocenters. The molecule has 1 aromatic carbocycles. The van der Waals surface area contributed by atoms with E-state index in [0.717, 1.165) is 33.5 Å². The van der Waals surface area contributed by atoms with E-state index in [4.69, 9.17) is 15.2 Å². The molecule has 0 bridgehead atoms. The average molecular weight is 482 g/mol. The fourth-order valence-electron chi connectivity index (χ4n) is 4.62. The van der Waals surface area contributed by atoms with E-state index in [0.29, 0.717) is 31.9 Å². The van der Waals surface area contributed by atoms with Crippen LogP contribution in [0.25, 0.3) is 22.3 Å². The van der Waals surface area contributed by atoms with E-state index >= 15 is 0 Å². The fraction of sp³-hybridized carbons (Fsp3) is 0.250. The highest BCUT2D eigenvalue weighted by atomic mass is 16.5. The molecule has 36 heavy (non-hydrogen) atoms. The molecule has 1 fully saturated rings. The number of nitrogen functional groups attached to an aromatic ring is 1. The summed E-state index contributed by atoms with van der Waals surface area (Å²) < 4.78 is 10.7. The van der Waals surface area contributed by atoms with Crippen LogP contribution in [0.3, 0.4) is 0 Å². The standard InChI is InChI=1S/C28H27N5O3/c1-35-26-9-5-21(16-31-26)20-4-8-24(30-15-20)14-25(34)28(10-12-36-13-11-28)23-6-2-19(3-7-23)22-17-32-27(29)33-18-22/h2-9,15-18H,10-14H2,1H3,(H2,29,32,33). The molecule has 1 saturated heterocycles. The molecular formula is C28H27N5O3. The molecule has 0 unspecified atom stereocenters. The molecule has 8 nitrogen and oxygen atoms in total. The van der Waals surface area contributed by atoms with Gasteiger partial charge in [-0.25, -0.2) is 15.0 Å². The number of benzene rings is 1. The number of ketones is 1. The number of carbonyl (C=O) groups is 1. The van der Waals surface area contributed by atoms with Crippen molar-refractivity contribution in [2.75, 3.05) is 26.1 Å². The minimum atomic E-state index is -0.603. The Morgan fingerprint density at radius 2 is 1.44 bits per heavy atom. The second-order valence-electron chi connectivity index (χ2n) is 8.83. The van der Waals surface area contributed by atoms with Crippen LogP contribution in [0, 0.1) is 0 Å². The summed E-state index contributed by atoms with van der Waals surface area (Å²) in [6, 6.07) is 15.7. The molecule has 0 radical (unpaired) electrons. The van der Waals surface area contributed by atoms with Gasteiger partial charge in [-0.3, -0.25) is 9.78 Å². The lowest BCUT2D eigenvalue weighted by Gasteiger charge is -2.36. The van der Waals surface area contributed by atoms with E-state index in [1.54, 1.807) is 31.9 Å². The SMILES string of the molecule is COc1ccc(-c2ccc(CC(=O)C3(c4ccc(-c5cnc(N)nc5)cc4)CCOCC3)nc2)cn1. The first kappa shape index (κ1) is 23.6. The van der Waals surface area contributed by atoms with Crippen molar-refractivity contribution >= 4 is 11.7 Å². The first-order valence-corrected chi connectivity index (χ1v) is 11.8. The van der Waals surface area contributed by atoms with Crippen molar-refractivity contribution in [2.45, 2.75) is 24.7 Å². The molecule has 1 aliphatic rings. The Hall–Kier alpha value is -4.17. The van der Waals surface area contributed by atoms with Gasteiger partial charge in [-0.05, 0) is 36.1 Å². The van der Waals surface area contributed by atoms with E-state index < -0.39 is 5.41 Å². The van der Waals surface area contributed by atoms with Crippen molar-refractivity contribution in [2.24, 2.45) is 0 Å². The molecule has 4 aromatic rings. The minimum absolute atomic E-state index is 0.153. The quantitative estimate of drug-likeness (QED) is 0.421. The highest BCUT2D eigenvalue weighted by Crippen LogP contribution is 2.37. The molecular weight excluding hydrogens is 454 g/mol. The zero-order valence-electron chi connectivity index (χ0n) is 20.1. The fourth-order valence-corrected chi connectivity index (χ4v) is 4.62. The van der Waals surface area contributed by atoms with Crippen LogP contribution in [0.5, 0.6) is 5.88 Å². The summed E-state index contributed by atoms with van der Waals surface area (Å²) >= 11 is 0. The summed E-state index contributed by atoms with van der Waals surface area (Å²) in [5.74, 6) is 0.954. The molecule has 3 aromatic heterocycles. The van der Waals surface area contributed by atoms with Gasteiger partial charge in [0.05, 0.1) is 12.5 Å². The van der Waals surface area contributed by atoms with E-state index in [9.17, 15) is 4.79 Å². The molecule has 4 heterocycles. The molecule has 0 spiro atoms. The van der Waals surface area contributed by atoms with E-state index in [1.807, 2.05) is 48.5 Å². The topological polar surface area (TPSA) is 113 Å². The summed E-state index contributed by atoms with van der Waals surface area (Å²) in [6.07, 6.45) is 8.48. The lowest BCUT2D eigenvalue weighted by molar-refractivity contribution is -0.127. The summed E-state index contributed by atoms with van der Waals surface area (Å²) in [5.41, 5.74) is 10.5. The number of ether oxygens (including phenoxy) is 2. The van der Waals surface area contributed by atoms with Crippen molar-refractivity contribution in [3.63, 3.8) is 0 Å².